The fourth-order valence-electron chi connectivity index (χ4n) is 2.94. The van der Waals surface area contributed by atoms with E-state index >= 15 is 0 Å². The Morgan fingerprint density at radius 3 is 2.52 bits per heavy atom. The molecule has 1 N–H and O–H groups in total. The van der Waals surface area contributed by atoms with Crippen LogP contribution in [0.2, 0.25) is 0 Å². The smallest absolute Gasteiger partial charge is 0.216 e. The molecule has 0 amide bonds. The molecule has 2 saturated heterocycles. The second kappa shape index (κ2) is 7.81. The van der Waals surface area contributed by atoms with E-state index < -0.39 is 10.0 Å². The van der Waals surface area contributed by atoms with Gasteiger partial charge in [0.15, 0.2) is 5.96 Å². The predicted octanol–water partition coefficient (Wildman–Crippen LogP) is 0.346. The maximum absolute atomic E-state index is 12.3. The van der Waals surface area contributed by atoms with Gasteiger partial charge >= 0.3 is 0 Å². The van der Waals surface area contributed by atoms with Crippen LogP contribution in [0.15, 0.2) is 4.99 Å². The number of nitrogens with zero attached hydrogens (tertiary/aromatic N) is 3. The van der Waals surface area contributed by atoms with Crippen molar-refractivity contribution in [1.29, 1.82) is 0 Å². The molecule has 0 atom stereocenters. The van der Waals surface area contributed by atoms with Crippen LogP contribution in [-0.2, 0) is 14.8 Å². The van der Waals surface area contributed by atoms with Crippen LogP contribution >= 0.6 is 0 Å². The Morgan fingerprint density at radius 1 is 1.26 bits per heavy atom. The fourth-order valence-corrected chi connectivity index (χ4v) is 4.23. The molecule has 0 aliphatic carbocycles. The molecule has 2 aliphatic heterocycles. The van der Waals surface area contributed by atoms with Gasteiger partial charge in [-0.2, -0.15) is 4.31 Å². The average Bonchev–Trinajstić information content (AvgIpc) is 2.87. The van der Waals surface area contributed by atoms with Crippen molar-refractivity contribution >= 4 is 16.0 Å². The maximum Gasteiger partial charge on any atom is 0.216 e. The SMILES string of the molecule is CCNC(=NCCS(=O)(=O)N1CCOCC1)N1CCC(C)(C)C1. The first-order valence-electron chi connectivity index (χ1n) is 8.43. The van der Waals surface area contributed by atoms with E-state index in [1.54, 1.807) is 0 Å². The van der Waals surface area contributed by atoms with Crippen LogP contribution in [0, 0.1) is 5.41 Å². The van der Waals surface area contributed by atoms with E-state index in [0.717, 1.165) is 32.0 Å². The zero-order chi connectivity index (χ0) is 16.9. The summed E-state index contributed by atoms with van der Waals surface area (Å²) in [6.45, 7) is 11.4. The summed E-state index contributed by atoms with van der Waals surface area (Å²) in [7, 11) is -3.24. The van der Waals surface area contributed by atoms with Crippen molar-refractivity contribution < 1.29 is 13.2 Å². The summed E-state index contributed by atoms with van der Waals surface area (Å²) >= 11 is 0. The van der Waals surface area contributed by atoms with Gasteiger partial charge in [-0.1, -0.05) is 13.8 Å². The highest BCUT2D eigenvalue weighted by atomic mass is 32.2. The second-order valence-corrected chi connectivity index (χ2v) is 8.99. The van der Waals surface area contributed by atoms with Gasteiger partial charge in [0.25, 0.3) is 0 Å². The molecule has 0 aromatic heterocycles. The lowest BCUT2D eigenvalue weighted by atomic mass is 9.93. The lowest BCUT2D eigenvalue weighted by Crippen LogP contribution is -2.43. The molecule has 0 unspecified atom stereocenters. The molecule has 8 heteroatoms. The number of nitrogens with one attached hydrogen (secondary N) is 1. The molecular formula is C15H30N4O3S. The van der Waals surface area contributed by atoms with Crippen LogP contribution in [0.4, 0.5) is 0 Å². The number of hydrogen-bond donors (Lipinski definition) is 1. The van der Waals surface area contributed by atoms with Gasteiger partial charge in [0.1, 0.15) is 0 Å². The van der Waals surface area contributed by atoms with Gasteiger partial charge in [0.2, 0.25) is 10.0 Å². The zero-order valence-corrected chi connectivity index (χ0v) is 15.4. The quantitative estimate of drug-likeness (QED) is 0.574. The summed E-state index contributed by atoms with van der Waals surface area (Å²) < 4.78 is 31.4. The topological polar surface area (TPSA) is 74.2 Å². The minimum atomic E-state index is -3.24. The molecule has 134 valence electrons. The van der Waals surface area contributed by atoms with Gasteiger partial charge in [-0.3, -0.25) is 4.99 Å². The molecule has 0 aromatic rings. The van der Waals surface area contributed by atoms with Crippen molar-refractivity contribution in [3.8, 4) is 0 Å². The zero-order valence-electron chi connectivity index (χ0n) is 14.5. The normalized spacial score (nSPS) is 23.3. The minimum absolute atomic E-state index is 0.0547. The molecule has 0 bridgehead atoms. The number of aliphatic imine (C=N–C) groups is 1. The van der Waals surface area contributed by atoms with Gasteiger partial charge < -0.3 is 15.0 Å². The number of guanidine groups is 1. The van der Waals surface area contributed by atoms with Gasteiger partial charge in [-0.15, -0.1) is 0 Å². The molecule has 7 nitrogen and oxygen atoms in total. The number of ether oxygens (including phenoxy) is 1. The molecule has 0 saturated carbocycles. The van der Waals surface area contributed by atoms with Gasteiger partial charge in [0, 0.05) is 32.7 Å². The molecule has 0 radical (unpaired) electrons. The highest BCUT2D eigenvalue weighted by molar-refractivity contribution is 7.89. The lowest BCUT2D eigenvalue weighted by Gasteiger charge is -2.26. The summed E-state index contributed by atoms with van der Waals surface area (Å²) in [5.41, 5.74) is 0.288. The first kappa shape index (κ1) is 18.5. The molecule has 0 aromatic carbocycles. The van der Waals surface area contributed by atoms with E-state index in [1.165, 1.54) is 4.31 Å². The summed E-state index contributed by atoms with van der Waals surface area (Å²) in [6, 6.07) is 0. The van der Waals surface area contributed by atoms with Crippen molar-refractivity contribution in [2.24, 2.45) is 10.4 Å². The van der Waals surface area contributed by atoms with Crippen molar-refractivity contribution in [1.82, 2.24) is 14.5 Å². The Balaban J connectivity index is 1.92. The van der Waals surface area contributed by atoms with Gasteiger partial charge in [-0.05, 0) is 18.8 Å². The van der Waals surface area contributed by atoms with E-state index in [2.05, 4.69) is 29.1 Å². The highest BCUT2D eigenvalue weighted by Crippen LogP contribution is 2.28. The van der Waals surface area contributed by atoms with Gasteiger partial charge in [0.05, 0.1) is 25.5 Å². The fraction of sp³-hybridized carbons (Fsp3) is 0.933. The predicted molar refractivity (Wildman–Crippen MR) is 92.1 cm³/mol. The Hall–Kier alpha value is -0.860. The Labute approximate surface area is 140 Å². The van der Waals surface area contributed by atoms with Crippen molar-refractivity contribution in [3.05, 3.63) is 0 Å². The number of hydrogen-bond acceptors (Lipinski definition) is 4. The summed E-state index contributed by atoms with van der Waals surface area (Å²) in [5, 5.41) is 3.28. The van der Waals surface area contributed by atoms with E-state index in [1.807, 2.05) is 6.92 Å². The minimum Gasteiger partial charge on any atom is -0.379 e. The first-order valence-corrected chi connectivity index (χ1v) is 10.0. The van der Waals surface area contributed by atoms with Crippen LogP contribution in [0.3, 0.4) is 0 Å². The molecule has 2 heterocycles. The molecule has 2 fully saturated rings. The summed E-state index contributed by atoms with van der Waals surface area (Å²) in [6.07, 6.45) is 1.13. The van der Waals surface area contributed by atoms with Crippen LogP contribution < -0.4 is 5.32 Å². The summed E-state index contributed by atoms with van der Waals surface area (Å²) in [5.74, 6) is 0.884. The lowest BCUT2D eigenvalue weighted by molar-refractivity contribution is 0.0731. The standard InChI is InChI=1S/C15H30N4O3S/c1-4-16-14(18-7-5-15(2,3)13-18)17-6-12-23(20,21)19-8-10-22-11-9-19/h4-13H2,1-3H3,(H,16,17). The third-order valence-corrected chi connectivity index (χ3v) is 6.14. The van der Waals surface area contributed by atoms with Crippen molar-refractivity contribution in [3.63, 3.8) is 0 Å². The molecule has 0 spiro atoms. The van der Waals surface area contributed by atoms with Gasteiger partial charge in [-0.25, -0.2) is 8.42 Å². The third-order valence-electron chi connectivity index (χ3n) is 4.29. The molecule has 2 aliphatic rings. The first-order chi connectivity index (χ1) is 10.8. The van der Waals surface area contributed by atoms with Crippen molar-refractivity contribution in [2.45, 2.75) is 27.2 Å². The Kier molecular flexibility index (Phi) is 6.27. The number of morpholine rings is 1. The monoisotopic (exact) mass is 346 g/mol. The van der Waals surface area contributed by atoms with Crippen molar-refractivity contribution in [2.75, 3.05) is 58.2 Å². The van der Waals surface area contributed by atoms with E-state index in [4.69, 9.17) is 4.74 Å². The van der Waals surface area contributed by atoms with Crippen LogP contribution in [-0.4, -0.2) is 81.8 Å². The van der Waals surface area contributed by atoms with Crippen LogP contribution in [0.5, 0.6) is 0 Å². The largest absolute Gasteiger partial charge is 0.379 e. The van der Waals surface area contributed by atoms with Crippen LogP contribution in [0.25, 0.3) is 0 Å². The number of sulfonamides is 1. The van der Waals surface area contributed by atoms with E-state index in [9.17, 15) is 8.42 Å². The van der Waals surface area contributed by atoms with E-state index in [0.29, 0.717) is 32.8 Å². The Morgan fingerprint density at radius 2 is 1.96 bits per heavy atom. The maximum atomic E-state index is 12.3. The number of likely N-dealkylation sites (tertiary alicyclic amines) is 1. The molecule has 23 heavy (non-hydrogen) atoms. The number of rotatable bonds is 5. The van der Waals surface area contributed by atoms with Crippen LogP contribution in [0.1, 0.15) is 27.2 Å². The van der Waals surface area contributed by atoms with E-state index in [-0.39, 0.29) is 11.2 Å². The third kappa shape index (κ3) is 5.32. The second-order valence-electron chi connectivity index (χ2n) is 6.90. The molecular weight excluding hydrogens is 316 g/mol. The average molecular weight is 346 g/mol. The Bertz CT molecular complexity index is 513. The summed E-state index contributed by atoms with van der Waals surface area (Å²) in [4.78, 5) is 6.76. The highest BCUT2D eigenvalue weighted by Gasteiger charge is 2.31. The molecule has 2 rings (SSSR count).